The normalized spacial score (nSPS) is 17.0. The zero-order valence-electron chi connectivity index (χ0n) is 15.3. The van der Waals surface area contributed by atoms with Gasteiger partial charge in [-0.15, -0.1) is 0 Å². The fraction of sp³-hybridized carbons (Fsp3) is 0.300. The summed E-state index contributed by atoms with van der Waals surface area (Å²) in [6.07, 6.45) is 3.13. The van der Waals surface area contributed by atoms with Gasteiger partial charge in [0.25, 0.3) is 5.56 Å². The molecule has 1 amide bonds. The van der Waals surface area contributed by atoms with Crippen molar-refractivity contribution in [2.24, 2.45) is 0 Å². The van der Waals surface area contributed by atoms with Crippen LogP contribution in [-0.4, -0.2) is 32.1 Å². The molecule has 3 aromatic heterocycles. The number of hydrogen-bond donors (Lipinski definition) is 0. The minimum atomic E-state index is -0.359. The Labute approximate surface area is 159 Å². The van der Waals surface area contributed by atoms with E-state index in [-0.39, 0.29) is 29.6 Å². The number of aryl methyl sites for hydroxylation is 1. The molecule has 8 heteroatoms. The van der Waals surface area contributed by atoms with E-state index in [4.69, 9.17) is 8.94 Å². The Bertz CT molecular complexity index is 1250. The quantitative estimate of drug-likeness (QED) is 0.544. The number of carbonyl (C=O) groups is 1. The lowest BCUT2D eigenvalue weighted by molar-refractivity contribution is -0.132. The SMILES string of the molecule is Cc1cc(C2CCCN2C(=O)Cn2cnc3c(oc4ccccc43)c2=O)no1. The first-order valence-corrected chi connectivity index (χ1v) is 9.21. The zero-order chi connectivity index (χ0) is 19.3. The molecule has 1 fully saturated rings. The van der Waals surface area contributed by atoms with Crippen LogP contribution in [0.4, 0.5) is 0 Å². The second-order valence-electron chi connectivity index (χ2n) is 7.06. The van der Waals surface area contributed by atoms with Crippen molar-refractivity contribution in [2.75, 3.05) is 6.54 Å². The van der Waals surface area contributed by atoms with Crippen LogP contribution >= 0.6 is 0 Å². The van der Waals surface area contributed by atoms with Gasteiger partial charge < -0.3 is 13.8 Å². The number of para-hydroxylation sites is 1. The molecule has 4 aromatic rings. The van der Waals surface area contributed by atoms with E-state index < -0.39 is 0 Å². The highest BCUT2D eigenvalue weighted by Gasteiger charge is 2.32. The fourth-order valence-electron chi connectivity index (χ4n) is 3.88. The molecule has 142 valence electrons. The topological polar surface area (TPSA) is 94.4 Å². The predicted octanol–water partition coefficient (Wildman–Crippen LogP) is 2.80. The lowest BCUT2D eigenvalue weighted by atomic mass is 10.1. The molecule has 1 aliphatic heterocycles. The Morgan fingerprint density at radius 1 is 1.32 bits per heavy atom. The largest absolute Gasteiger partial charge is 0.448 e. The average molecular weight is 378 g/mol. The highest BCUT2D eigenvalue weighted by molar-refractivity contribution is 6.01. The Balaban J connectivity index is 1.46. The van der Waals surface area contributed by atoms with Crippen molar-refractivity contribution in [3.05, 3.63) is 58.5 Å². The number of likely N-dealkylation sites (tertiary alicyclic amines) is 1. The van der Waals surface area contributed by atoms with Crippen molar-refractivity contribution in [3.63, 3.8) is 0 Å². The summed E-state index contributed by atoms with van der Waals surface area (Å²) in [6, 6.07) is 9.09. The number of carbonyl (C=O) groups excluding carboxylic acids is 1. The van der Waals surface area contributed by atoms with Crippen molar-refractivity contribution in [3.8, 4) is 0 Å². The van der Waals surface area contributed by atoms with Gasteiger partial charge >= 0.3 is 0 Å². The number of fused-ring (bicyclic) bond motifs is 3. The molecule has 5 rings (SSSR count). The van der Waals surface area contributed by atoms with E-state index in [0.29, 0.717) is 23.4 Å². The van der Waals surface area contributed by atoms with Gasteiger partial charge in [0.15, 0.2) is 0 Å². The van der Waals surface area contributed by atoms with Gasteiger partial charge in [-0.1, -0.05) is 17.3 Å². The monoisotopic (exact) mass is 378 g/mol. The second kappa shape index (κ2) is 6.33. The average Bonchev–Trinajstić information content (AvgIpc) is 3.41. The molecule has 0 N–H and O–H groups in total. The molecule has 0 saturated carbocycles. The summed E-state index contributed by atoms with van der Waals surface area (Å²) in [4.78, 5) is 31.9. The van der Waals surface area contributed by atoms with Crippen molar-refractivity contribution < 1.29 is 13.7 Å². The molecule has 1 aromatic carbocycles. The van der Waals surface area contributed by atoms with Crippen LogP contribution in [0.3, 0.4) is 0 Å². The van der Waals surface area contributed by atoms with Gasteiger partial charge in [-0.25, -0.2) is 4.98 Å². The van der Waals surface area contributed by atoms with Gasteiger partial charge in [0.2, 0.25) is 11.5 Å². The Morgan fingerprint density at radius 2 is 2.18 bits per heavy atom. The van der Waals surface area contributed by atoms with Crippen LogP contribution in [0.2, 0.25) is 0 Å². The van der Waals surface area contributed by atoms with Crippen molar-refractivity contribution in [1.29, 1.82) is 0 Å². The summed E-state index contributed by atoms with van der Waals surface area (Å²) in [5.41, 5.74) is 1.68. The minimum Gasteiger partial charge on any atom is -0.448 e. The predicted molar refractivity (Wildman–Crippen MR) is 101 cm³/mol. The number of benzene rings is 1. The molecule has 0 bridgehead atoms. The van der Waals surface area contributed by atoms with E-state index >= 15 is 0 Å². The van der Waals surface area contributed by atoms with E-state index in [2.05, 4.69) is 10.1 Å². The molecule has 1 unspecified atom stereocenters. The maximum atomic E-state index is 12.9. The van der Waals surface area contributed by atoms with Crippen LogP contribution in [0.25, 0.3) is 22.1 Å². The van der Waals surface area contributed by atoms with Gasteiger partial charge in [-0.3, -0.25) is 14.2 Å². The zero-order valence-corrected chi connectivity index (χ0v) is 15.3. The maximum Gasteiger partial charge on any atom is 0.297 e. The van der Waals surface area contributed by atoms with E-state index in [1.807, 2.05) is 31.2 Å². The van der Waals surface area contributed by atoms with Crippen LogP contribution in [0.5, 0.6) is 0 Å². The van der Waals surface area contributed by atoms with Crippen LogP contribution in [0.1, 0.15) is 30.3 Å². The molecule has 4 heterocycles. The lowest BCUT2D eigenvalue weighted by Crippen LogP contribution is -2.36. The van der Waals surface area contributed by atoms with Gasteiger partial charge in [0, 0.05) is 18.0 Å². The van der Waals surface area contributed by atoms with Gasteiger partial charge in [-0.2, -0.15) is 0 Å². The third-order valence-corrected chi connectivity index (χ3v) is 5.22. The third-order valence-electron chi connectivity index (χ3n) is 5.22. The van der Waals surface area contributed by atoms with Crippen molar-refractivity contribution in [1.82, 2.24) is 19.6 Å². The number of rotatable bonds is 3. The number of furan rings is 1. The summed E-state index contributed by atoms with van der Waals surface area (Å²) in [6.45, 7) is 2.36. The van der Waals surface area contributed by atoms with E-state index in [1.54, 1.807) is 11.0 Å². The molecule has 8 nitrogen and oxygen atoms in total. The fourth-order valence-corrected chi connectivity index (χ4v) is 3.88. The van der Waals surface area contributed by atoms with Crippen LogP contribution in [0.15, 0.2) is 50.4 Å². The third kappa shape index (κ3) is 2.60. The molecule has 1 aliphatic rings. The van der Waals surface area contributed by atoms with Gasteiger partial charge in [-0.05, 0) is 31.9 Å². The summed E-state index contributed by atoms with van der Waals surface area (Å²) in [5, 5.41) is 4.84. The molecule has 1 atom stereocenters. The number of nitrogens with zero attached hydrogens (tertiary/aromatic N) is 4. The number of hydrogen-bond acceptors (Lipinski definition) is 6. The molecule has 0 aliphatic carbocycles. The summed E-state index contributed by atoms with van der Waals surface area (Å²) in [5.74, 6) is 0.563. The van der Waals surface area contributed by atoms with E-state index in [0.717, 1.165) is 23.9 Å². The first kappa shape index (κ1) is 16.7. The van der Waals surface area contributed by atoms with Gasteiger partial charge in [0.05, 0.1) is 12.4 Å². The Kier molecular flexibility index (Phi) is 3.78. The van der Waals surface area contributed by atoms with Crippen LogP contribution in [-0.2, 0) is 11.3 Å². The van der Waals surface area contributed by atoms with Crippen LogP contribution < -0.4 is 5.56 Å². The number of amides is 1. The highest BCUT2D eigenvalue weighted by Crippen LogP contribution is 2.31. The minimum absolute atomic E-state index is 0.0911. The maximum absolute atomic E-state index is 12.9. The second-order valence-corrected chi connectivity index (χ2v) is 7.06. The smallest absolute Gasteiger partial charge is 0.297 e. The molecule has 0 radical (unpaired) electrons. The van der Waals surface area contributed by atoms with Crippen molar-refractivity contribution in [2.45, 2.75) is 32.4 Å². The number of aromatic nitrogens is 3. The standard InChI is InChI=1S/C20H18N4O4/c1-12-9-14(22-28-12)15-6-4-8-24(15)17(25)10-23-11-21-18-13-5-2-3-7-16(13)27-19(18)20(23)26/h2-3,5,7,9,11,15H,4,6,8,10H2,1H3. The molecule has 0 spiro atoms. The first-order chi connectivity index (χ1) is 13.6. The molecular formula is C20H18N4O4. The summed E-state index contributed by atoms with van der Waals surface area (Å²) < 4.78 is 12.1. The van der Waals surface area contributed by atoms with Crippen molar-refractivity contribution >= 4 is 28.0 Å². The van der Waals surface area contributed by atoms with E-state index in [9.17, 15) is 9.59 Å². The Hall–Kier alpha value is -3.42. The molecule has 1 saturated heterocycles. The Morgan fingerprint density at radius 3 is 3.00 bits per heavy atom. The molecule has 28 heavy (non-hydrogen) atoms. The molecular weight excluding hydrogens is 360 g/mol. The van der Waals surface area contributed by atoms with Crippen LogP contribution in [0, 0.1) is 6.92 Å². The summed E-state index contributed by atoms with van der Waals surface area (Å²) >= 11 is 0. The van der Waals surface area contributed by atoms with E-state index in [1.165, 1.54) is 10.9 Å². The highest BCUT2D eigenvalue weighted by atomic mass is 16.5. The van der Waals surface area contributed by atoms with Gasteiger partial charge in [0.1, 0.15) is 29.1 Å². The summed E-state index contributed by atoms with van der Waals surface area (Å²) in [7, 11) is 0. The lowest BCUT2D eigenvalue weighted by Gasteiger charge is -2.23. The first-order valence-electron chi connectivity index (χ1n) is 9.21.